The Morgan fingerprint density at radius 2 is 1.10 bits per heavy atom. The summed E-state index contributed by atoms with van der Waals surface area (Å²) in [7, 11) is 0. The van der Waals surface area contributed by atoms with Crippen LogP contribution >= 0.6 is 22.7 Å². The minimum absolute atomic E-state index is 1.00. The van der Waals surface area contributed by atoms with Gasteiger partial charge in [-0.3, -0.25) is 0 Å². The number of nitrogens with zero attached hydrogens (tertiary/aromatic N) is 4. The highest BCUT2D eigenvalue weighted by Crippen LogP contribution is 2.31. The number of hydrogen-bond acceptors (Lipinski definition) is 6. The molecule has 0 aliphatic carbocycles. The van der Waals surface area contributed by atoms with Crippen molar-refractivity contribution in [3.63, 3.8) is 0 Å². The molecule has 0 radical (unpaired) electrons. The topological polar surface area (TPSA) is 51.6 Å². The maximum Gasteiger partial charge on any atom is 0.147 e. The first-order valence-electron chi connectivity index (χ1n) is 11.0. The maximum absolute atomic E-state index is 4.44. The number of aromatic nitrogens is 4. The summed E-state index contributed by atoms with van der Waals surface area (Å²) in [4.78, 5) is 0. The number of unbranched alkanes of at least 4 members (excludes halogenated alkanes) is 4. The van der Waals surface area contributed by atoms with Gasteiger partial charge in [0.25, 0.3) is 0 Å². The van der Waals surface area contributed by atoms with Crippen molar-refractivity contribution in [2.45, 2.75) is 65.2 Å². The number of benzene rings is 2. The van der Waals surface area contributed by atoms with Crippen LogP contribution in [0.1, 0.15) is 62.4 Å². The van der Waals surface area contributed by atoms with Crippen LogP contribution in [0.3, 0.4) is 0 Å². The van der Waals surface area contributed by atoms with Crippen LogP contribution in [-0.2, 0) is 12.8 Å². The highest BCUT2D eigenvalue weighted by Gasteiger charge is 2.10. The van der Waals surface area contributed by atoms with Gasteiger partial charge in [0.05, 0.1) is 0 Å². The molecule has 156 valence electrons. The second-order valence-corrected chi connectivity index (χ2v) is 9.82. The summed E-state index contributed by atoms with van der Waals surface area (Å²) in [5.41, 5.74) is 2.27. The van der Waals surface area contributed by atoms with Gasteiger partial charge in [0.1, 0.15) is 20.0 Å². The van der Waals surface area contributed by atoms with E-state index >= 15 is 0 Å². The first-order valence-corrected chi connectivity index (χ1v) is 12.6. The van der Waals surface area contributed by atoms with Crippen LogP contribution in [0.4, 0.5) is 0 Å². The summed E-state index contributed by atoms with van der Waals surface area (Å²) in [5, 5.41) is 24.4. The van der Waals surface area contributed by atoms with Crippen molar-refractivity contribution >= 4 is 33.4 Å². The van der Waals surface area contributed by atoms with Crippen molar-refractivity contribution in [3.8, 4) is 21.1 Å². The van der Waals surface area contributed by atoms with Crippen molar-refractivity contribution in [1.29, 1.82) is 0 Å². The third kappa shape index (κ3) is 5.10. The maximum atomic E-state index is 4.44. The third-order valence-electron chi connectivity index (χ3n) is 5.26. The van der Waals surface area contributed by atoms with Crippen molar-refractivity contribution in [2.24, 2.45) is 0 Å². The number of aryl methyl sites for hydroxylation is 2. The van der Waals surface area contributed by atoms with Gasteiger partial charge >= 0.3 is 0 Å². The van der Waals surface area contributed by atoms with E-state index in [1.54, 1.807) is 22.7 Å². The molecular weight excluding hydrogens is 408 g/mol. The summed E-state index contributed by atoms with van der Waals surface area (Å²) in [6, 6.07) is 13.1. The molecule has 0 aliphatic heterocycles. The molecular formula is C24H28N4S2. The van der Waals surface area contributed by atoms with E-state index in [1.807, 2.05) is 0 Å². The van der Waals surface area contributed by atoms with Gasteiger partial charge in [-0.2, -0.15) is 0 Å². The second-order valence-electron chi connectivity index (χ2n) is 7.69. The second kappa shape index (κ2) is 10.2. The average molecular weight is 437 g/mol. The van der Waals surface area contributed by atoms with E-state index in [0.717, 1.165) is 44.0 Å². The summed E-state index contributed by atoms with van der Waals surface area (Å²) >= 11 is 3.43. The third-order valence-corrected chi connectivity index (χ3v) is 7.32. The summed E-state index contributed by atoms with van der Waals surface area (Å²) in [6.45, 7) is 4.45. The molecule has 30 heavy (non-hydrogen) atoms. The van der Waals surface area contributed by atoms with E-state index in [9.17, 15) is 0 Å². The Kier molecular flexibility index (Phi) is 7.18. The molecule has 0 aliphatic rings. The van der Waals surface area contributed by atoms with Gasteiger partial charge < -0.3 is 0 Å². The highest BCUT2D eigenvalue weighted by atomic mass is 32.1. The molecule has 2 heterocycles. The quantitative estimate of drug-likeness (QED) is 0.244. The zero-order valence-electron chi connectivity index (χ0n) is 17.7. The van der Waals surface area contributed by atoms with E-state index in [1.165, 1.54) is 49.3 Å². The predicted molar refractivity (Wildman–Crippen MR) is 128 cm³/mol. The molecule has 4 nitrogen and oxygen atoms in total. The molecule has 4 aromatic rings. The molecule has 2 aromatic carbocycles. The molecule has 0 fully saturated rings. The zero-order valence-corrected chi connectivity index (χ0v) is 19.4. The Labute approximate surface area is 186 Å². The van der Waals surface area contributed by atoms with Gasteiger partial charge in [-0.15, -0.1) is 20.4 Å². The van der Waals surface area contributed by atoms with Crippen LogP contribution in [0.5, 0.6) is 0 Å². The largest absolute Gasteiger partial charge is 0.147 e. The van der Waals surface area contributed by atoms with E-state index in [2.05, 4.69) is 70.6 Å². The smallest absolute Gasteiger partial charge is 0.143 e. The van der Waals surface area contributed by atoms with Crippen molar-refractivity contribution < 1.29 is 0 Å². The SMILES string of the molecule is CCCCCc1nnc(-c2ccc3ccc(-c4nnc(CCCCC)s4)cc3c2)s1. The molecule has 2 aromatic heterocycles. The molecule has 4 rings (SSSR count). The van der Waals surface area contributed by atoms with Crippen LogP contribution in [0.25, 0.3) is 31.9 Å². The normalized spacial score (nSPS) is 11.4. The van der Waals surface area contributed by atoms with E-state index < -0.39 is 0 Å². The van der Waals surface area contributed by atoms with Crippen LogP contribution in [0, 0.1) is 0 Å². The minimum atomic E-state index is 1.00. The lowest BCUT2D eigenvalue weighted by Crippen LogP contribution is -1.83. The van der Waals surface area contributed by atoms with E-state index in [-0.39, 0.29) is 0 Å². The Morgan fingerprint density at radius 1 is 0.600 bits per heavy atom. The molecule has 0 saturated heterocycles. The lowest BCUT2D eigenvalue weighted by atomic mass is 10.0. The fraction of sp³-hybridized carbons (Fsp3) is 0.417. The fourth-order valence-corrected chi connectivity index (χ4v) is 5.26. The minimum Gasteiger partial charge on any atom is -0.143 e. The lowest BCUT2D eigenvalue weighted by molar-refractivity contribution is 0.710. The van der Waals surface area contributed by atoms with Gasteiger partial charge in [0, 0.05) is 24.0 Å². The van der Waals surface area contributed by atoms with Crippen LogP contribution < -0.4 is 0 Å². The van der Waals surface area contributed by atoms with Gasteiger partial charge in [-0.1, -0.05) is 86.5 Å². The van der Waals surface area contributed by atoms with Gasteiger partial charge in [0.15, 0.2) is 0 Å². The standard InChI is InChI=1S/C24H28N4S2/c1-3-5-7-9-21-25-27-23(29-21)18-13-11-17-12-14-19(16-20(17)15-18)24-28-26-22(30-24)10-8-6-4-2/h11-16H,3-10H2,1-2H3. The molecule has 0 spiro atoms. The average Bonchev–Trinajstić information content (AvgIpc) is 3.43. The summed E-state index contributed by atoms with van der Waals surface area (Å²) in [6.07, 6.45) is 9.39. The van der Waals surface area contributed by atoms with Crippen LogP contribution in [0.2, 0.25) is 0 Å². The Balaban J connectivity index is 1.54. The molecule has 6 heteroatoms. The predicted octanol–water partition coefficient (Wildman–Crippen LogP) is 7.34. The van der Waals surface area contributed by atoms with Crippen LogP contribution in [0.15, 0.2) is 36.4 Å². The number of fused-ring (bicyclic) bond motifs is 1. The van der Waals surface area contributed by atoms with Crippen molar-refractivity contribution in [1.82, 2.24) is 20.4 Å². The summed E-state index contributed by atoms with van der Waals surface area (Å²) in [5.74, 6) is 0. The first kappa shape index (κ1) is 21.1. The number of rotatable bonds is 10. The summed E-state index contributed by atoms with van der Waals surface area (Å²) < 4.78 is 0. The van der Waals surface area contributed by atoms with E-state index in [4.69, 9.17) is 0 Å². The lowest BCUT2D eigenvalue weighted by Gasteiger charge is -2.03. The van der Waals surface area contributed by atoms with E-state index in [0.29, 0.717) is 0 Å². The Bertz CT molecular complexity index is 1020. The molecule has 0 saturated carbocycles. The molecule has 0 atom stereocenters. The van der Waals surface area contributed by atoms with Crippen molar-refractivity contribution in [3.05, 3.63) is 46.4 Å². The Hall–Kier alpha value is -2.18. The molecule has 0 bridgehead atoms. The Morgan fingerprint density at radius 3 is 1.57 bits per heavy atom. The van der Waals surface area contributed by atoms with Gasteiger partial charge in [-0.05, 0) is 35.7 Å². The monoisotopic (exact) mass is 436 g/mol. The first-order chi connectivity index (χ1) is 14.8. The molecule has 0 amide bonds. The van der Waals surface area contributed by atoms with Crippen LogP contribution in [-0.4, -0.2) is 20.4 Å². The molecule has 0 unspecified atom stereocenters. The van der Waals surface area contributed by atoms with Crippen molar-refractivity contribution in [2.75, 3.05) is 0 Å². The van der Waals surface area contributed by atoms with Gasteiger partial charge in [-0.25, -0.2) is 0 Å². The zero-order chi connectivity index (χ0) is 20.8. The highest BCUT2D eigenvalue weighted by molar-refractivity contribution is 7.15. The number of hydrogen-bond donors (Lipinski definition) is 0. The van der Waals surface area contributed by atoms with Gasteiger partial charge in [0.2, 0.25) is 0 Å². The molecule has 0 N–H and O–H groups in total. The fourth-order valence-electron chi connectivity index (χ4n) is 3.51.